The van der Waals surface area contributed by atoms with Gasteiger partial charge in [-0.1, -0.05) is 98.5 Å². The molecule has 3 aromatic rings. The van der Waals surface area contributed by atoms with E-state index in [1.54, 1.807) is 0 Å². The second-order valence-corrected chi connectivity index (χ2v) is 12.9. The summed E-state index contributed by atoms with van der Waals surface area (Å²) >= 11 is 0. The normalized spacial score (nSPS) is 20.7. The van der Waals surface area contributed by atoms with Crippen LogP contribution >= 0.6 is 0 Å². The molecule has 0 spiro atoms. The van der Waals surface area contributed by atoms with Gasteiger partial charge < -0.3 is 29.9 Å². The van der Waals surface area contributed by atoms with E-state index in [2.05, 4.69) is 52.7 Å². The molecule has 3 N–H and O–H groups in total. The number of carboxylic acid groups (broad SMARTS) is 1. The Kier molecular flexibility index (Phi) is 13.4. The zero-order valence-corrected chi connectivity index (χ0v) is 27.4. The molecule has 2 fully saturated rings. The monoisotopic (exact) mass is 642 g/mol. The molecule has 252 valence electrons. The van der Waals surface area contributed by atoms with Gasteiger partial charge in [0, 0.05) is 37.9 Å². The Bertz CT molecular complexity index is 1400. The summed E-state index contributed by atoms with van der Waals surface area (Å²) in [5, 5.41) is 21.4. The fourth-order valence-corrected chi connectivity index (χ4v) is 6.61. The fourth-order valence-electron chi connectivity index (χ4n) is 6.61. The van der Waals surface area contributed by atoms with Crippen molar-refractivity contribution in [3.8, 4) is 11.1 Å². The Labute approximate surface area is 279 Å². The van der Waals surface area contributed by atoms with Crippen LogP contribution in [0.3, 0.4) is 0 Å². The van der Waals surface area contributed by atoms with E-state index in [4.69, 9.17) is 14.6 Å². The number of ether oxygens (including phenoxy) is 2. The predicted molar refractivity (Wildman–Crippen MR) is 182 cm³/mol. The highest BCUT2D eigenvalue weighted by Crippen LogP contribution is 2.39. The van der Waals surface area contributed by atoms with Gasteiger partial charge in [-0.25, -0.2) is 0 Å². The maximum absolute atomic E-state index is 12.5. The van der Waals surface area contributed by atoms with E-state index in [9.17, 15) is 14.7 Å². The lowest BCUT2D eigenvalue weighted by Gasteiger charge is -2.39. The van der Waals surface area contributed by atoms with Crippen LogP contribution in [-0.2, 0) is 32.2 Å². The van der Waals surface area contributed by atoms with Crippen LogP contribution in [0.2, 0.25) is 0 Å². The Balaban J connectivity index is 1.25. The zero-order valence-electron chi connectivity index (χ0n) is 27.4. The summed E-state index contributed by atoms with van der Waals surface area (Å²) in [6.45, 7) is 3.57. The van der Waals surface area contributed by atoms with Crippen molar-refractivity contribution in [2.24, 2.45) is 0 Å². The minimum Gasteiger partial charge on any atom is -0.481 e. The average Bonchev–Trinajstić information content (AvgIpc) is 3.08. The van der Waals surface area contributed by atoms with E-state index < -0.39 is 12.3 Å². The third-order valence-electron chi connectivity index (χ3n) is 9.31. The van der Waals surface area contributed by atoms with Gasteiger partial charge in [-0.3, -0.25) is 9.59 Å². The summed E-state index contributed by atoms with van der Waals surface area (Å²) in [5.41, 5.74) is 6.10. The van der Waals surface area contributed by atoms with E-state index in [1.807, 2.05) is 30.3 Å². The minimum absolute atomic E-state index is 0.0210. The van der Waals surface area contributed by atoms with Crippen molar-refractivity contribution >= 4 is 11.9 Å². The molecular weight excluding hydrogens is 592 g/mol. The molecule has 0 radical (unpaired) electrons. The van der Waals surface area contributed by atoms with Gasteiger partial charge in [-0.2, -0.15) is 0 Å². The van der Waals surface area contributed by atoms with Crippen LogP contribution in [0.25, 0.3) is 11.1 Å². The number of nitrogens with one attached hydrogen (secondary N) is 1. The number of carbonyl (C=O) groups is 2. The number of hydrogen-bond acceptors (Lipinski definition) is 6. The second kappa shape index (κ2) is 18.1. The van der Waals surface area contributed by atoms with Gasteiger partial charge in [-0.15, -0.1) is 0 Å². The third-order valence-corrected chi connectivity index (χ3v) is 9.31. The molecule has 2 aliphatic heterocycles. The predicted octanol–water partition coefficient (Wildman–Crippen LogP) is 7.31. The first-order chi connectivity index (χ1) is 23.0. The lowest BCUT2D eigenvalue weighted by atomic mass is 9.97. The average molecular weight is 643 g/mol. The van der Waals surface area contributed by atoms with Gasteiger partial charge in [0.25, 0.3) is 0 Å². The maximum atomic E-state index is 12.5. The lowest BCUT2D eigenvalue weighted by molar-refractivity contribution is -0.253. The van der Waals surface area contributed by atoms with Crippen LogP contribution in [0.15, 0.2) is 72.8 Å². The number of benzene rings is 3. The lowest BCUT2D eigenvalue weighted by Crippen LogP contribution is -2.40. The molecule has 3 aromatic carbocycles. The van der Waals surface area contributed by atoms with Gasteiger partial charge in [-0.05, 0) is 66.6 Å². The van der Waals surface area contributed by atoms with Crippen LogP contribution in [0.1, 0.15) is 105 Å². The largest absolute Gasteiger partial charge is 0.481 e. The van der Waals surface area contributed by atoms with E-state index in [0.717, 1.165) is 65.9 Å². The number of aliphatic hydroxyl groups is 1. The van der Waals surface area contributed by atoms with Crippen LogP contribution in [0.5, 0.6) is 0 Å². The molecule has 2 heterocycles. The van der Waals surface area contributed by atoms with E-state index in [0.29, 0.717) is 25.8 Å². The number of aliphatic carboxylic acids is 1. The van der Waals surface area contributed by atoms with Crippen molar-refractivity contribution in [1.82, 2.24) is 10.2 Å². The van der Waals surface area contributed by atoms with Gasteiger partial charge >= 0.3 is 5.97 Å². The summed E-state index contributed by atoms with van der Waals surface area (Å²) < 4.78 is 13.3. The number of amides is 1. The molecule has 0 unspecified atom stereocenters. The molecule has 0 aliphatic carbocycles. The molecule has 3 atom stereocenters. The highest BCUT2D eigenvalue weighted by atomic mass is 16.7. The molecule has 2 saturated heterocycles. The Hall–Kier alpha value is -3.56. The molecular formula is C39H50N2O6. The van der Waals surface area contributed by atoms with Crippen molar-refractivity contribution in [3.05, 3.63) is 95.1 Å². The number of unbranched alkanes of at least 4 members (excludes halogenated alkanes) is 2. The Morgan fingerprint density at radius 3 is 2.19 bits per heavy atom. The molecule has 5 rings (SSSR count). The standard InChI is InChI=1S/C39H50N2O6/c42-28-29-15-17-31(18-16-29)36-25-34(27-41-23-9-2-1-3-10-24-41)46-39(47-36)32-21-19-30(20-22-32)35-12-8-7-11-33(35)26-40-37(43)13-5-4-6-14-38(44)45/h7-8,11-12,15-22,34,36,39,42H,1-6,9-10,13-14,23-28H2,(H,40,43)(H,44,45)/t34-,36+,39+/m1/s1. The van der Waals surface area contributed by atoms with E-state index in [1.165, 1.54) is 32.1 Å². The number of likely N-dealkylation sites (tertiary alicyclic amines) is 1. The van der Waals surface area contributed by atoms with Gasteiger partial charge in [0.15, 0.2) is 6.29 Å². The molecule has 0 aromatic heterocycles. The van der Waals surface area contributed by atoms with Crippen LogP contribution in [0.4, 0.5) is 0 Å². The number of nitrogens with zero attached hydrogens (tertiary/aromatic N) is 1. The first-order valence-electron chi connectivity index (χ1n) is 17.4. The van der Waals surface area contributed by atoms with Crippen molar-refractivity contribution in [1.29, 1.82) is 0 Å². The number of carboxylic acids is 1. The summed E-state index contributed by atoms with van der Waals surface area (Å²) in [6.07, 6.45) is 9.16. The molecule has 0 bridgehead atoms. The molecule has 1 amide bonds. The number of aliphatic hydroxyl groups excluding tert-OH is 1. The SMILES string of the molecule is O=C(O)CCCCCC(=O)NCc1ccccc1-c1ccc([C@H]2O[C@@H](CN3CCCCCCC3)C[C@@H](c3ccc(CO)cc3)O2)cc1. The second-order valence-electron chi connectivity index (χ2n) is 12.9. The van der Waals surface area contributed by atoms with Crippen molar-refractivity contribution < 1.29 is 29.3 Å². The maximum Gasteiger partial charge on any atom is 0.303 e. The number of carbonyl (C=O) groups excluding carboxylic acids is 1. The molecule has 8 heteroatoms. The summed E-state index contributed by atoms with van der Waals surface area (Å²) in [4.78, 5) is 25.7. The molecule has 2 aliphatic rings. The van der Waals surface area contributed by atoms with Crippen LogP contribution in [-0.4, -0.2) is 52.7 Å². The molecule has 0 saturated carbocycles. The molecule has 8 nitrogen and oxygen atoms in total. The highest BCUT2D eigenvalue weighted by molar-refractivity contribution is 5.76. The fraction of sp³-hybridized carbons (Fsp3) is 0.487. The minimum atomic E-state index is -0.796. The third kappa shape index (κ3) is 10.7. The summed E-state index contributed by atoms with van der Waals surface area (Å²) in [5.74, 6) is -0.821. The molecule has 47 heavy (non-hydrogen) atoms. The first kappa shape index (κ1) is 34.8. The van der Waals surface area contributed by atoms with E-state index >= 15 is 0 Å². The zero-order chi connectivity index (χ0) is 32.8. The smallest absolute Gasteiger partial charge is 0.303 e. The summed E-state index contributed by atoms with van der Waals surface area (Å²) in [6, 6.07) is 24.5. The quantitative estimate of drug-likeness (QED) is 0.158. The van der Waals surface area contributed by atoms with Crippen molar-refractivity contribution in [2.45, 2.75) is 102 Å². The van der Waals surface area contributed by atoms with Crippen molar-refractivity contribution in [2.75, 3.05) is 19.6 Å². The highest BCUT2D eigenvalue weighted by Gasteiger charge is 2.33. The van der Waals surface area contributed by atoms with Gasteiger partial charge in [0.2, 0.25) is 5.91 Å². The Morgan fingerprint density at radius 1 is 0.787 bits per heavy atom. The topological polar surface area (TPSA) is 108 Å². The first-order valence-corrected chi connectivity index (χ1v) is 17.4. The van der Waals surface area contributed by atoms with Crippen molar-refractivity contribution in [3.63, 3.8) is 0 Å². The van der Waals surface area contributed by atoms with Crippen LogP contribution in [0, 0.1) is 0 Å². The van der Waals surface area contributed by atoms with Gasteiger partial charge in [0.05, 0.1) is 18.8 Å². The summed E-state index contributed by atoms with van der Waals surface area (Å²) in [7, 11) is 0. The van der Waals surface area contributed by atoms with E-state index in [-0.39, 0.29) is 31.1 Å². The Morgan fingerprint density at radius 2 is 1.47 bits per heavy atom. The van der Waals surface area contributed by atoms with Gasteiger partial charge in [0.1, 0.15) is 0 Å². The van der Waals surface area contributed by atoms with Crippen LogP contribution < -0.4 is 5.32 Å². The number of rotatable bonds is 14. The number of hydrogen-bond donors (Lipinski definition) is 3.